The number of pyridine rings is 1. The Morgan fingerprint density at radius 1 is 1.20 bits per heavy atom. The maximum absolute atomic E-state index is 12.3. The zero-order valence-corrected chi connectivity index (χ0v) is 17.0. The molecule has 6 nitrogen and oxygen atoms in total. The van der Waals surface area contributed by atoms with Crippen LogP contribution >= 0.6 is 11.6 Å². The van der Waals surface area contributed by atoms with Crippen LogP contribution in [-0.2, 0) is 11.2 Å². The monoisotopic (exact) mass is 422 g/mol. The van der Waals surface area contributed by atoms with Gasteiger partial charge in [0.1, 0.15) is 11.9 Å². The van der Waals surface area contributed by atoms with Crippen LogP contribution in [0.3, 0.4) is 0 Å². The third-order valence-corrected chi connectivity index (χ3v) is 5.11. The number of nitrogens with one attached hydrogen (secondary N) is 1. The van der Waals surface area contributed by atoms with E-state index in [9.17, 15) is 9.59 Å². The molecule has 0 unspecified atom stereocenters. The van der Waals surface area contributed by atoms with E-state index in [1.54, 1.807) is 30.5 Å². The summed E-state index contributed by atoms with van der Waals surface area (Å²) in [5, 5.41) is 3.49. The molecule has 30 heavy (non-hydrogen) atoms. The van der Waals surface area contributed by atoms with Gasteiger partial charge in [-0.15, -0.1) is 0 Å². The van der Waals surface area contributed by atoms with Gasteiger partial charge in [0.15, 0.2) is 0 Å². The highest BCUT2D eigenvalue weighted by atomic mass is 35.5. The number of methoxy groups -OCH3 is 1. The molecule has 4 rings (SSSR count). The summed E-state index contributed by atoms with van der Waals surface area (Å²) in [6.07, 6.45) is 3.58. The van der Waals surface area contributed by atoms with Gasteiger partial charge in [0.05, 0.1) is 24.8 Å². The van der Waals surface area contributed by atoms with Gasteiger partial charge in [-0.3, -0.25) is 9.78 Å². The van der Waals surface area contributed by atoms with Crippen molar-refractivity contribution in [1.29, 1.82) is 0 Å². The summed E-state index contributed by atoms with van der Waals surface area (Å²) in [6.45, 7) is 0.362. The number of esters is 1. The Kier molecular flexibility index (Phi) is 5.68. The third-order valence-electron chi connectivity index (χ3n) is 4.89. The van der Waals surface area contributed by atoms with Crippen molar-refractivity contribution in [2.24, 2.45) is 0 Å². The van der Waals surface area contributed by atoms with Gasteiger partial charge in [-0.2, -0.15) is 0 Å². The summed E-state index contributed by atoms with van der Waals surface area (Å²) in [7, 11) is 1.35. The van der Waals surface area contributed by atoms with Crippen molar-refractivity contribution >= 4 is 23.5 Å². The first-order valence-corrected chi connectivity index (χ1v) is 9.79. The Hall–Kier alpha value is -3.38. The van der Waals surface area contributed by atoms with Crippen LogP contribution in [0, 0.1) is 0 Å². The first-order chi connectivity index (χ1) is 14.5. The number of halogens is 1. The average Bonchev–Trinajstić information content (AvgIpc) is 3.19. The molecule has 0 saturated heterocycles. The molecule has 7 heteroatoms. The number of hydrogen-bond acceptors (Lipinski definition) is 5. The van der Waals surface area contributed by atoms with Crippen LogP contribution < -0.4 is 10.1 Å². The fraction of sp³-hybridized carbons (Fsp3) is 0.174. The van der Waals surface area contributed by atoms with Crippen LogP contribution in [-0.4, -0.2) is 36.6 Å². The molecule has 0 spiro atoms. The zero-order valence-electron chi connectivity index (χ0n) is 16.2. The van der Waals surface area contributed by atoms with E-state index < -0.39 is 5.97 Å². The molecule has 0 saturated carbocycles. The smallest absolute Gasteiger partial charge is 0.337 e. The Morgan fingerprint density at radius 2 is 2.00 bits per heavy atom. The van der Waals surface area contributed by atoms with Crippen molar-refractivity contribution < 1.29 is 19.1 Å². The molecule has 1 amide bonds. The summed E-state index contributed by atoms with van der Waals surface area (Å²) >= 11 is 6.33. The molecule has 2 heterocycles. The number of carbonyl (C=O) groups is 2. The van der Waals surface area contributed by atoms with Crippen LogP contribution in [0.25, 0.3) is 11.1 Å². The topological polar surface area (TPSA) is 77.5 Å². The molecule has 0 bridgehead atoms. The molecule has 0 fully saturated rings. The minimum absolute atomic E-state index is 0.195. The number of ether oxygens (including phenoxy) is 2. The molecular formula is C23H19ClN2O4. The average molecular weight is 423 g/mol. The number of rotatable bonds is 5. The maximum atomic E-state index is 12.3. The molecule has 0 radical (unpaired) electrons. The highest BCUT2D eigenvalue weighted by molar-refractivity contribution is 6.31. The molecule has 3 aromatic rings. The van der Waals surface area contributed by atoms with E-state index in [-0.39, 0.29) is 12.0 Å². The number of amides is 1. The van der Waals surface area contributed by atoms with Crippen molar-refractivity contribution in [1.82, 2.24) is 10.3 Å². The van der Waals surface area contributed by atoms with Gasteiger partial charge in [-0.1, -0.05) is 23.7 Å². The van der Waals surface area contributed by atoms with Crippen molar-refractivity contribution in [2.45, 2.75) is 12.5 Å². The fourth-order valence-electron chi connectivity index (χ4n) is 3.43. The number of fused-ring (bicyclic) bond motifs is 1. The minimum atomic E-state index is -0.390. The molecule has 1 aliphatic heterocycles. The van der Waals surface area contributed by atoms with Gasteiger partial charge < -0.3 is 14.8 Å². The molecule has 0 aliphatic carbocycles. The number of hydrogen-bond donors (Lipinski definition) is 1. The lowest BCUT2D eigenvalue weighted by Gasteiger charge is -2.14. The SMILES string of the molecule is COC(=O)c1ccc(-c2cc(Cl)cc3c2O[C@@H](CNC(=O)c2cccnc2)C3)cc1. The van der Waals surface area contributed by atoms with Gasteiger partial charge in [0.25, 0.3) is 5.91 Å². The van der Waals surface area contributed by atoms with Crippen LogP contribution in [0.15, 0.2) is 60.9 Å². The van der Waals surface area contributed by atoms with E-state index in [0.29, 0.717) is 29.1 Å². The Bertz CT molecular complexity index is 1080. The number of carbonyl (C=O) groups excluding carboxylic acids is 2. The predicted molar refractivity (Wildman–Crippen MR) is 113 cm³/mol. The quantitative estimate of drug-likeness (QED) is 0.630. The van der Waals surface area contributed by atoms with Gasteiger partial charge in [-0.25, -0.2) is 4.79 Å². The second-order valence-electron chi connectivity index (χ2n) is 6.91. The largest absolute Gasteiger partial charge is 0.487 e. The molecular weight excluding hydrogens is 404 g/mol. The molecule has 1 N–H and O–H groups in total. The second kappa shape index (κ2) is 8.55. The first kappa shape index (κ1) is 19.9. The third kappa shape index (κ3) is 4.14. The normalized spacial score (nSPS) is 14.5. The highest BCUT2D eigenvalue weighted by Crippen LogP contribution is 2.41. The predicted octanol–water partition coefficient (Wildman–Crippen LogP) is 3.92. The van der Waals surface area contributed by atoms with Crippen LogP contribution in [0.1, 0.15) is 26.3 Å². The molecule has 1 aliphatic rings. The highest BCUT2D eigenvalue weighted by Gasteiger charge is 2.27. The van der Waals surface area contributed by atoms with E-state index in [1.165, 1.54) is 13.3 Å². The molecule has 152 valence electrons. The zero-order chi connectivity index (χ0) is 21.1. The van der Waals surface area contributed by atoms with E-state index >= 15 is 0 Å². The van der Waals surface area contributed by atoms with Crippen LogP contribution in [0.5, 0.6) is 5.75 Å². The summed E-state index contributed by atoms with van der Waals surface area (Å²) in [5.74, 6) is 0.156. The Morgan fingerprint density at radius 3 is 2.70 bits per heavy atom. The first-order valence-electron chi connectivity index (χ1n) is 9.41. The lowest BCUT2D eigenvalue weighted by atomic mass is 9.99. The number of benzene rings is 2. The molecule has 1 aromatic heterocycles. The molecule has 1 atom stereocenters. The van der Waals surface area contributed by atoms with Gasteiger partial charge >= 0.3 is 5.97 Å². The van der Waals surface area contributed by atoms with Gasteiger partial charge in [0, 0.05) is 35.0 Å². The van der Waals surface area contributed by atoms with Crippen molar-refractivity contribution in [3.63, 3.8) is 0 Å². The standard InChI is InChI=1S/C23H19ClN2O4/c1-29-23(28)15-6-4-14(5-7-15)20-11-18(24)9-17-10-19(30-21(17)20)13-26-22(27)16-3-2-8-25-12-16/h2-9,11-12,19H,10,13H2,1H3,(H,26,27)/t19-/m1/s1. The van der Waals surface area contributed by atoms with E-state index in [0.717, 1.165) is 22.4 Å². The summed E-state index contributed by atoms with van der Waals surface area (Å²) in [5.41, 5.74) is 3.67. The van der Waals surface area contributed by atoms with Crippen LogP contribution in [0.4, 0.5) is 0 Å². The maximum Gasteiger partial charge on any atom is 0.337 e. The van der Waals surface area contributed by atoms with Gasteiger partial charge in [0.2, 0.25) is 0 Å². The lowest BCUT2D eigenvalue weighted by molar-refractivity contribution is 0.0600. The Labute approximate surface area is 178 Å². The molecule has 2 aromatic carbocycles. The second-order valence-corrected chi connectivity index (χ2v) is 7.34. The van der Waals surface area contributed by atoms with Crippen molar-refractivity contribution in [2.75, 3.05) is 13.7 Å². The number of aromatic nitrogens is 1. The lowest BCUT2D eigenvalue weighted by Crippen LogP contribution is -2.34. The van der Waals surface area contributed by atoms with Crippen LogP contribution in [0.2, 0.25) is 5.02 Å². The summed E-state index contributed by atoms with van der Waals surface area (Å²) in [6, 6.07) is 14.2. The van der Waals surface area contributed by atoms with E-state index in [4.69, 9.17) is 21.1 Å². The Balaban J connectivity index is 1.51. The summed E-state index contributed by atoms with van der Waals surface area (Å²) < 4.78 is 10.9. The van der Waals surface area contributed by atoms with E-state index in [2.05, 4.69) is 10.3 Å². The van der Waals surface area contributed by atoms with Crippen molar-refractivity contribution in [3.05, 3.63) is 82.6 Å². The summed E-state index contributed by atoms with van der Waals surface area (Å²) in [4.78, 5) is 27.9. The van der Waals surface area contributed by atoms with Gasteiger partial charge in [-0.05, 0) is 42.0 Å². The fourth-order valence-corrected chi connectivity index (χ4v) is 3.67. The van der Waals surface area contributed by atoms with Crippen molar-refractivity contribution in [3.8, 4) is 16.9 Å². The minimum Gasteiger partial charge on any atom is -0.487 e. The number of nitrogens with zero attached hydrogens (tertiary/aromatic N) is 1. The van der Waals surface area contributed by atoms with E-state index in [1.807, 2.05) is 24.3 Å².